The van der Waals surface area contributed by atoms with Gasteiger partial charge in [0.2, 0.25) is 11.9 Å². The molecule has 0 spiro atoms. The highest BCUT2D eigenvalue weighted by atomic mass is 32.1. The molecule has 0 radical (unpaired) electrons. The minimum atomic E-state index is -0.0444. The molecule has 124 valence electrons. The molecule has 0 saturated carbocycles. The molecule has 24 heavy (non-hydrogen) atoms. The number of nitrogens with zero attached hydrogens (tertiary/aromatic N) is 3. The second-order valence-corrected chi connectivity index (χ2v) is 6.65. The van der Waals surface area contributed by atoms with E-state index >= 15 is 0 Å². The molecule has 3 aromatic rings. The van der Waals surface area contributed by atoms with E-state index in [1.807, 2.05) is 55.6 Å². The monoisotopic (exact) mass is 340 g/mol. The number of aromatic nitrogens is 3. The Kier molecular flexibility index (Phi) is 5.05. The molecule has 0 aliphatic carbocycles. The zero-order chi connectivity index (χ0) is 16.9. The number of rotatable bonds is 6. The first-order chi connectivity index (χ1) is 11.7. The van der Waals surface area contributed by atoms with Crippen molar-refractivity contribution in [3.05, 3.63) is 52.2 Å². The van der Waals surface area contributed by atoms with Gasteiger partial charge in [-0.05, 0) is 24.8 Å². The quantitative estimate of drug-likeness (QED) is 0.724. The normalized spacial score (nSPS) is 10.8. The standard InChI is InChI=1S/C18H20N4OS/c1-3-5-16(23)22-18(19-12-15-6-4-11-24-15)20-17(21-22)14-9-7-13(2)8-10-14/h4,6-11H,3,5,12H2,1-2H3,(H,19,20,21). The van der Waals surface area contributed by atoms with Crippen LogP contribution in [-0.4, -0.2) is 20.7 Å². The van der Waals surface area contributed by atoms with Crippen molar-refractivity contribution >= 4 is 23.2 Å². The molecule has 2 aromatic heterocycles. The van der Waals surface area contributed by atoms with Crippen LogP contribution in [0.3, 0.4) is 0 Å². The topological polar surface area (TPSA) is 59.8 Å². The summed E-state index contributed by atoms with van der Waals surface area (Å²) in [7, 11) is 0. The molecule has 5 nitrogen and oxygen atoms in total. The molecule has 2 heterocycles. The van der Waals surface area contributed by atoms with Gasteiger partial charge in [0.25, 0.3) is 0 Å². The molecular formula is C18H20N4OS. The maximum absolute atomic E-state index is 12.3. The molecular weight excluding hydrogens is 320 g/mol. The van der Waals surface area contributed by atoms with E-state index in [0.29, 0.717) is 24.7 Å². The molecule has 0 fully saturated rings. The summed E-state index contributed by atoms with van der Waals surface area (Å²) < 4.78 is 1.40. The molecule has 3 rings (SSSR count). The fourth-order valence-electron chi connectivity index (χ4n) is 2.32. The number of carbonyl (C=O) groups excluding carboxylic acids is 1. The highest BCUT2D eigenvalue weighted by molar-refractivity contribution is 7.09. The van der Waals surface area contributed by atoms with Gasteiger partial charge < -0.3 is 5.32 Å². The van der Waals surface area contributed by atoms with Gasteiger partial charge in [-0.3, -0.25) is 4.79 Å². The molecule has 0 aliphatic heterocycles. The van der Waals surface area contributed by atoms with Gasteiger partial charge >= 0.3 is 0 Å². The molecule has 0 atom stereocenters. The second-order valence-electron chi connectivity index (χ2n) is 5.61. The van der Waals surface area contributed by atoms with Crippen LogP contribution in [0, 0.1) is 6.92 Å². The smallest absolute Gasteiger partial charge is 0.250 e. The summed E-state index contributed by atoms with van der Waals surface area (Å²) in [5.74, 6) is 1.02. The summed E-state index contributed by atoms with van der Waals surface area (Å²) >= 11 is 1.67. The van der Waals surface area contributed by atoms with E-state index in [-0.39, 0.29) is 5.91 Å². The van der Waals surface area contributed by atoms with Gasteiger partial charge in [-0.25, -0.2) is 0 Å². The molecule has 0 unspecified atom stereocenters. The van der Waals surface area contributed by atoms with Crippen LogP contribution in [0.25, 0.3) is 11.4 Å². The molecule has 0 amide bonds. The lowest BCUT2D eigenvalue weighted by Crippen LogP contribution is -2.16. The third kappa shape index (κ3) is 3.71. The first kappa shape index (κ1) is 16.4. The molecule has 1 aromatic carbocycles. The average molecular weight is 340 g/mol. The number of benzene rings is 1. The summed E-state index contributed by atoms with van der Waals surface area (Å²) in [5, 5.41) is 9.69. The van der Waals surface area contributed by atoms with Crippen molar-refractivity contribution in [2.45, 2.75) is 33.2 Å². The largest absolute Gasteiger partial charge is 0.349 e. The molecule has 6 heteroatoms. The summed E-state index contributed by atoms with van der Waals surface area (Å²) in [6.07, 6.45) is 1.23. The van der Waals surface area contributed by atoms with E-state index in [1.54, 1.807) is 11.3 Å². The van der Waals surface area contributed by atoms with Crippen molar-refractivity contribution in [3.63, 3.8) is 0 Å². The predicted octanol–water partition coefficient (Wildman–Crippen LogP) is 4.37. The number of hydrogen-bond donors (Lipinski definition) is 1. The average Bonchev–Trinajstić information content (AvgIpc) is 3.23. The van der Waals surface area contributed by atoms with Crippen molar-refractivity contribution in [1.82, 2.24) is 14.8 Å². The number of anilines is 1. The first-order valence-electron chi connectivity index (χ1n) is 8.01. The Morgan fingerprint density at radius 3 is 2.71 bits per heavy atom. The minimum Gasteiger partial charge on any atom is -0.349 e. The van der Waals surface area contributed by atoms with Gasteiger partial charge in [-0.2, -0.15) is 9.67 Å². The summed E-state index contributed by atoms with van der Waals surface area (Å²) in [6, 6.07) is 12.0. The maximum Gasteiger partial charge on any atom is 0.250 e. The van der Waals surface area contributed by atoms with Crippen LogP contribution < -0.4 is 5.32 Å². The number of hydrogen-bond acceptors (Lipinski definition) is 5. The summed E-state index contributed by atoms with van der Waals surface area (Å²) in [5.41, 5.74) is 2.08. The lowest BCUT2D eigenvalue weighted by molar-refractivity contribution is 0.0888. The van der Waals surface area contributed by atoms with Crippen molar-refractivity contribution < 1.29 is 4.79 Å². The Bertz CT molecular complexity index is 806. The van der Waals surface area contributed by atoms with Crippen molar-refractivity contribution in [2.24, 2.45) is 0 Å². The van der Waals surface area contributed by atoms with E-state index in [0.717, 1.165) is 12.0 Å². The Morgan fingerprint density at radius 1 is 1.25 bits per heavy atom. The Balaban J connectivity index is 1.89. The fraction of sp³-hybridized carbons (Fsp3) is 0.278. The SMILES string of the molecule is CCCC(=O)n1nc(-c2ccc(C)cc2)nc1NCc1cccs1. The van der Waals surface area contributed by atoms with Gasteiger partial charge in [-0.1, -0.05) is 42.8 Å². The van der Waals surface area contributed by atoms with Gasteiger partial charge in [0.15, 0.2) is 5.82 Å². The van der Waals surface area contributed by atoms with E-state index in [4.69, 9.17) is 0 Å². The van der Waals surface area contributed by atoms with E-state index in [2.05, 4.69) is 15.4 Å². The lowest BCUT2D eigenvalue weighted by atomic mass is 10.1. The fourth-order valence-corrected chi connectivity index (χ4v) is 2.97. The minimum absolute atomic E-state index is 0.0444. The van der Waals surface area contributed by atoms with Gasteiger partial charge in [0.05, 0.1) is 6.54 Å². The molecule has 0 saturated heterocycles. The van der Waals surface area contributed by atoms with E-state index < -0.39 is 0 Å². The molecule has 1 N–H and O–H groups in total. The second kappa shape index (κ2) is 7.40. The third-order valence-corrected chi connectivity index (χ3v) is 4.49. The molecule has 0 aliphatic rings. The third-order valence-electron chi connectivity index (χ3n) is 3.62. The van der Waals surface area contributed by atoms with Crippen LogP contribution in [0.1, 0.15) is 35.0 Å². The predicted molar refractivity (Wildman–Crippen MR) is 97.4 cm³/mol. The summed E-state index contributed by atoms with van der Waals surface area (Å²) in [4.78, 5) is 18.1. The van der Waals surface area contributed by atoms with E-state index in [1.165, 1.54) is 15.1 Å². The van der Waals surface area contributed by atoms with Crippen LogP contribution in [0.4, 0.5) is 5.95 Å². The Morgan fingerprint density at radius 2 is 2.04 bits per heavy atom. The zero-order valence-corrected chi connectivity index (χ0v) is 14.6. The highest BCUT2D eigenvalue weighted by Crippen LogP contribution is 2.20. The van der Waals surface area contributed by atoms with Gasteiger partial charge in [-0.15, -0.1) is 16.4 Å². The van der Waals surface area contributed by atoms with Crippen molar-refractivity contribution in [3.8, 4) is 11.4 Å². The van der Waals surface area contributed by atoms with Crippen LogP contribution in [0.15, 0.2) is 41.8 Å². The Labute approximate surface area is 145 Å². The number of thiophene rings is 1. The highest BCUT2D eigenvalue weighted by Gasteiger charge is 2.16. The maximum atomic E-state index is 12.3. The number of nitrogens with one attached hydrogen (secondary N) is 1. The van der Waals surface area contributed by atoms with Gasteiger partial charge in [0.1, 0.15) is 0 Å². The van der Waals surface area contributed by atoms with Crippen molar-refractivity contribution in [2.75, 3.05) is 5.32 Å². The van der Waals surface area contributed by atoms with Crippen LogP contribution in [-0.2, 0) is 6.54 Å². The lowest BCUT2D eigenvalue weighted by Gasteiger charge is -2.05. The van der Waals surface area contributed by atoms with E-state index in [9.17, 15) is 4.79 Å². The first-order valence-corrected chi connectivity index (χ1v) is 8.89. The van der Waals surface area contributed by atoms with Crippen LogP contribution >= 0.6 is 11.3 Å². The molecule has 0 bridgehead atoms. The summed E-state index contributed by atoms with van der Waals surface area (Å²) in [6.45, 7) is 4.65. The number of aryl methyl sites for hydroxylation is 1. The Hall–Kier alpha value is -2.47. The number of carbonyl (C=O) groups is 1. The zero-order valence-electron chi connectivity index (χ0n) is 13.8. The van der Waals surface area contributed by atoms with Crippen LogP contribution in [0.5, 0.6) is 0 Å². The van der Waals surface area contributed by atoms with Crippen LogP contribution in [0.2, 0.25) is 0 Å². The van der Waals surface area contributed by atoms with Gasteiger partial charge in [0, 0.05) is 16.9 Å². The van der Waals surface area contributed by atoms with Crippen molar-refractivity contribution in [1.29, 1.82) is 0 Å².